The van der Waals surface area contributed by atoms with Crippen molar-refractivity contribution >= 4 is 11.8 Å². The van der Waals surface area contributed by atoms with Crippen LogP contribution in [0.1, 0.15) is 59.4 Å². The minimum absolute atomic E-state index is 0.0368. The van der Waals surface area contributed by atoms with Crippen molar-refractivity contribution in [3.63, 3.8) is 0 Å². The SMILES string of the molecule is CCCCO[C@@H]1CC[C@@H]1n1cccc(NC(=O)OC(C)(C)C)c1=O. The summed E-state index contributed by atoms with van der Waals surface area (Å²) in [5.74, 6) is 0. The number of carbonyl (C=O) groups excluding carboxylic acids is 1. The standard InChI is InChI=1S/C18H28N2O4/c1-5-6-12-23-15-10-9-14(15)20-11-7-8-13(16(20)21)19-17(22)24-18(2,3)4/h7-8,11,14-15H,5-6,9-10,12H2,1-4H3,(H,19,22)/t14-,15+/m0/s1. The molecule has 6 heteroatoms. The van der Waals surface area contributed by atoms with Gasteiger partial charge in [-0.15, -0.1) is 0 Å². The molecule has 0 unspecified atom stereocenters. The van der Waals surface area contributed by atoms with E-state index in [0.29, 0.717) is 0 Å². The van der Waals surface area contributed by atoms with E-state index in [4.69, 9.17) is 9.47 Å². The molecule has 1 aromatic rings. The first-order chi connectivity index (χ1) is 11.3. The van der Waals surface area contributed by atoms with Gasteiger partial charge in [-0.25, -0.2) is 4.79 Å². The van der Waals surface area contributed by atoms with Gasteiger partial charge in [-0.2, -0.15) is 0 Å². The molecule has 0 aromatic carbocycles. The predicted molar refractivity (Wildman–Crippen MR) is 93.5 cm³/mol. The molecule has 1 heterocycles. The minimum atomic E-state index is -0.623. The molecule has 1 saturated carbocycles. The lowest BCUT2D eigenvalue weighted by atomic mass is 9.88. The van der Waals surface area contributed by atoms with Crippen LogP contribution in [0.4, 0.5) is 10.5 Å². The Labute approximate surface area is 143 Å². The first-order valence-electron chi connectivity index (χ1n) is 8.64. The van der Waals surface area contributed by atoms with Crippen LogP contribution < -0.4 is 10.9 Å². The number of amides is 1. The molecule has 1 aliphatic rings. The number of hydrogen-bond acceptors (Lipinski definition) is 4. The van der Waals surface area contributed by atoms with Gasteiger partial charge >= 0.3 is 6.09 Å². The second-order valence-electron chi connectivity index (χ2n) is 7.17. The fourth-order valence-corrected chi connectivity index (χ4v) is 2.62. The van der Waals surface area contributed by atoms with E-state index in [1.165, 1.54) is 0 Å². The Bertz CT molecular complexity index is 618. The number of nitrogens with zero attached hydrogens (tertiary/aromatic N) is 1. The number of rotatable bonds is 6. The highest BCUT2D eigenvalue weighted by molar-refractivity contribution is 5.84. The molecule has 2 atom stereocenters. The maximum absolute atomic E-state index is 12.6. The van der Waals surface area contributed by atoms with Crippen LogP contribution in [-0.4, -0.2) is 29.0 Å². The van der Waals surface area contributed by atoms with Crippen molar-refractivity contribution in [2.24, 2.45) is 0 Å². The summed E-state index contributed by atoms with van der Waals surface area (Å²) in [5, 5.41) is 2.54. The van der Waals surface area contributed by atoms with Gasteiger partial charge in [0, 0.05) is 12.8 Å². The summed E-state index contributed by atoms with van der Waals surface area (Å²) in [6.45, 7) is 8.19. The average Bonchev–Trinajstić information content (AvgIpc) is 2.44. The number of unbranched alkanes of at least 4 members (excludes halogenated alkanes) is 1. The third-order valence-corrected chi connectivity index (χ3v) is 3.97. The number of carbonyl (C=O) groups is 1. The fourth-order valence-electron chi connectivity index (χ4n) is 2.62. The molecule has 2 rings (SSSR count). The normalized spacial score (nSPS) is 20.3. The Morgan fingerprint density at radius 3 is 2.71 bits per heavy atom. The van der Waals surface area contributed by atoms with Gasteiger partial charge in [0.25, 0.3) is 5.56 Å². The second-order valence-corrected chi connectivity index (χ2v) is 7.17. The monoisotopic (exact) mass is 336 g/mol. The first-order valence-corrected chi connectivity index (χ1v) is 8.64. The van der Waals surface area contributed by atoms with Crippen LogP contribution >= 0.6 is 0 Å². The maximum atomic E-state index is 12.6. The van der Waals surface area contributed by atoms with Crippen LogP contribution in [0.5, 0.6) is 0 Å². The number of aromatic nitrogens is 1. The van der Waals surface area contributed by atoms with Crippen molar-refractivity contribution in [2.75, 3.05) is 11.9 Å². The van der Waals surface area contributed by atoms with E-state index >= 15 is 0 Å². The third-order valence-electron chi connectivity index (χ3n) is 3.97. The highest BCUT2D eigenvalue weighted by Gasteiger charge is 2.34. The van der Waals surface area contributed by atoms with Gasteiger partial charge < -0.3 is 14.0 Å². The van der Waals surface area contributed by atoms with Gasteiger partial charge in [-0.1, -0.05) is 13.3 Å². The zero-order valence-electron chi connectivity index (χ0n) is 15.0. The van der Waals surface area contributed by atoms with Crippen molar-refractivity contribution in [3.8, 4) is 0 Å². The summed E-state index contributed by atoms with van der Waals surface area (Å²) >= 11 is 0. The van der Waals surface area contributed by atoms with E-state index in [0.717, 1.165) is 32.3 Å². The van der Waals surface area contributed by atoms with E-state index in [1.807, 2.05) is 0 Å². The van der Waals surface area contributed by atoms with Gasteiger partial charge in [-0.3, -0.25) is 10.1 Å². The summed E-state index contributed by atoms with van der Waals surface area (Å²) in [6, 6.07) is 3.39. The van der Waals surface area contributed by atoms with E-state index < -0.39 is 11.7 Å². The van der Waals surface area contributed by atoms with E-state index in [-0.39, 0.29) is 23.4 Å². The molecule has 1 amide bonds. The molecule has 1 fully saturated rings. The quantitative estimate of drug-likeness (QED) is 0.804. The molecular formula is C18H28N2O4. The van der Waals surface area contributed by atoms with Gasteiger partial charge in [0.1, 0.15) is 11.3 Å². The largest absolute Gasteiger partial charge is 0.444 e. The average molecular weight is 336 g/mol. The molecular weight excluding hydrogens is 308 g/mol. The Kier molecular flexibility index (Phi) is 6.04. The molecule has 0 radical (unpaired) electrons. The predicted octanol–water partition coefficient (Wildman–Crippen LogP) is 3.72. The Morgan fingerprint density at radius 1 is 1.38 bits per heavy atom. The summed E-state index contributed by atoms with van der Waals surface area (Å²) in [7, 11) is 0. The second kappa shape index (κ2) is 7.83. The number of nitrogens with one attached hydrogen (secondary N) is 1. The van der Waals surface area contributed by atoms with Crippen LogP contribution in [0.15, 0.2) is 23.1 Å². The third kappa shape index (κ3) is 4.84. The first kappa shape index (κ1) is 18.5. The Morgan fingerprint density at radius 2 is 2.12 bits per heavy atom. The fraction of sp³-hybridized carbons (Fsp3) is 0.667. The molecule has 24 heavy (non-hydrogen) atoms. The highest BCUT2D eigenvalue weighted by Crippen LogP contribution is 2.34. The number of hydrogen-bond donors (Lipinski definition) is 1. The lowest BCUT2D eigenvalue weighted by Gasteiger charge is -2.37. The lowest BCUT2D eigenvalue weighted by Crippen LogP contribution is -2.41. The molecule has 6 nitrogen and oxygen atoms in total. The number of ether oxygens (including phenoxy) is 2. The zero-order chi connectivity index (χ0) is 17.7. The molecule has 0 bridgehead atoms. The Hall–Kier alpha value is -1.82. The van der Waals surface area contributed by atoms with Crippen LogP contribution in [0.25, 0.3) is 0 Å². The van der Waals surface area contributed by atoms with Gasteiger partial charge in [-0.05, 0) is 52.2 Å². The minimum Gasteiger partial charge on any atom is -0.444 e. The van der Waals surface area contributed by atoms with Crippen molar-refractivity contribution in [2.45, 2.75) is 71.1 Å². The van der Waals surface area contributed by atoms with Crippen LogP contribution in [0.3, 0.4) is 0 Å². The summed E-state index contributed by atoms with van der Waals surface area (Å²) in [6.07, 6.45) is 5.19. The molecule has 1 aliphatic carbocycles. The molecule has 0 aliphatic heterocycles. The van der Waals surface area contributed by atoms with Crippen molar-refractivity contribution in [1.82, 2.24) is 4.57 Å². The smallest absolute Gasteiger partial charge is 0.412 e. The molecule has 1 N–H and O–H groups in total. The molecule has 0 saturated heterocycles. The van der Waals surface area contributed by atoms with Crippen molar-refractivity contribution in [3.05, 3.63) is 28.7 Å². The van der Waals surface area contributed by atoms with Gasteiger partial charge in [0.2, 0.25) is 0 Å². The lowest BCUT2D eigenvalue weighted by molar-refractivity contribution is -0.0415. The maximum Gasteiger partial charge on any atom is 0.412 e. The highest BCUT2D eigenvalue weighted by atomic mass is 16.6. The van der Waals surface area contributed by atoms with E-state index in [1.54, 1.807) is 43.7 Å². The van der Waals surface area contributed by atoms with Crippen LogP contribution in [-0.2, 0) is 9.47 Å². The van der Waals surface area contributed by atoms with Gasteiger partial charge in [0.15, 0.2) is 0 Å². The molecule has 0 spiro atoms. The van der Waals surface area contributed by atoms with Crippen LogP contribution in [0.2, 0.25) is 0 Å². The van der Waals surface area contributed by atoms with E-state index in [9.17, 15) is 9.59 Å². The topological polar surface area (TPSA) is 69.6 Å². The van der Waals surface area contributed by atoms with E-state index in [2.05, 4.69) is 12.2 Å². The summed E-state index contributed by atoms with van der Waals surface area (Å²) in [4.78, 5) is 24.5. The Balaban J connectivity index is 2.05. The van der Waals surface area contributed by atoms with Crippen LogP contribution in [0, 0.1) is 0 Å². The van der Waals surface area contributed by atoms with Crippen molar-refractivity contribution in [1.29, 1.82) is 0 Å². The molecule has 1 aromatic heterocycles. The summed E-state index contributed by atoms with van der Waals surface area (Å²) in [5.41, 5.74) is -0.604. The number of pyridine rings is 1. The zero-order valence-corrected chi connectivity index (χ0v) is 15.0. The van der Waals surface area contributed by atoms with Crippen molar-refractivity contribution < 1.29 is 14.3 Å². The van der Waals surface area contributed by atoms with Gasteiger partial charge in [0.05, 0.1) is 12.1 Å². The number of anilines is 1. The molecule has 134 valence electrons. The summed E-state index contributed by atoms with van der Waals surface area (Å²) < 4.78 is 12.7.